The number of hydrogen-bond acceptors (Lipinski definition) is 6. The molecule has 0 saturated carbocycles. The van der Waals surface area contributed by atoms with Gasteiger partial charge in [-0.3, -0.25) is 4.98 Å². The largest absolute Gasteiger partial charge is 0.435 e. The van der Waals surface area contributed by atoms with E-state index >= 15 is 0 Å². The van der Waals surface area contributed by atoms with E-state index in [0.29, 0.717) is 17.3 Å². The number of aromatic nitrogens is 3. The van der Waals surface area contributed by atoms with Crippen molar-refractivity contribution in [3.05, 3.63) is 70.6 Å². The lowest BCUT2D eigenvalue weighted by Crippen LogP contribution is -2.04. The third kappa shape index (κ3) is 3.48. The Hall–Kier alpha value is -3.19. The SMILES string of the molecule is Cc1ccc(C)c(Nc2ncnc(Oc3ccc(Br)c4cccnc34)c2N)c1. The molecule has 0 saturated heterocycles. The maximum absolute atomic E-state index is 6.30. The predicted octanol–water partition coefficient (Wildman–Crippen LogP) is 5.52. The lowest BCUT2D eigenvalue weighted by molar-refractivity contribution is 0.469. The van der Waals surface area contributed by atoms with Gasteiger partial charge < -0.3 is 15.8 Å². The van der Waals surface area contributed by atoms with Crippen molar-refractivity contribution in [2.75, 3.05) is 11.1 Å². The number of nitrogens with one attached hydrogen (secondary N) is 1. The highest BCUT2D eigenvalue weighted by Crippen LogP contribution is 2.36. The van der Waals surface area contributed by atoms with Gasteiger partial charge in [-0.05, 0) is 49.2 Å². The van der Waals surface area contributed by atoms with Crippen LogP contribution in [0, 0.1) is 13.8 Å². The van der Waals surface area contributed by atoms with Gasteiger partial charge in [-0.2, -0.15) is 4.98 Å². The van der Waals surface area contributed by atoms with Gasteiger partial charge in [-0.1, -0.05) is 34.1 Å². The first-order valence-electron chi connectivity index (χ1n) is 8.69. The average Bonchev–Trinajstić information content (AvgIpc) is 2.70. The normalized spacial score (nSPS) is 10.8. The number of hydrogen-bond donors (Lipinski definition) is 2. The molecule has 2 heterocycles. The number of rotatable bonds is 4. The van der Waals surface area contributed by atoms with Crippen molar-refractivity contribution in [3.8, 4) is 11.6 Å². The van der Waals surface area contributed by atoms with Crippen LogP contribution in [0.3, 0.4) is 0 Å². The predicted molar refractivity (Wildman–Crippen MR) is 115 cm³/mol. The highest BCUT2D eigenvalue weighted by atomic mass is 79.9. The second-order valence-corrected chi connectivity index (χ2v) is 7.29. The summed E-state index contributed by atoms with van der Waals surface area (Å²) in [4.78, 5) is 12.9. The highest BCUT2D eigenvalue weighted by Gasteiger charge is 2.14. The van der Waals surface area contributed by atoms with E-state index in [1.54, 1.807) is 6.20 Å². The average molecular weight is 436 g/mol. The van der Waals surface area contributed by atoms with Gasteiger partial charge >= 0.3 is 0 Å². The number of nitrogen functional groups attached to an aromatic ring is 1. The first kappa shape index (κ1) is 18.2. The zero-order valence-electron chi connectivity index (χ0n) is 15.4. The molecule has 0 fully saturated rings. The summed E-state index contributed by atoms with van der Waals surface area (Å²) in [6.45, 7) is 4.06. The Balaban J connectivity index is 1.70. The van der Waals surface area contributed by atoms with Crippen molar-refractivity contribution in [1.82, 2.24) is 15.0 Å². The Kier molecular flexibility index (Phi) is 4.83. The number of halogens is 1. The number of aryl methyl sites for hydroxylation is 2. The molecule has 7 heteroatoms. The quantitative estimate of drug-likeness (QED) is 0.438. The first-order valence-corrected chi connectivity index (χ1v) is 9.48. The summed E-state index contributed by atoms with van der Waals surface area (Å²) in [5.41, 5.74) is 10.5. The molecule has 2 aromatic heterocycles. The van der Waals surface area contributed by atoms with Gasteiger partial charge in [0, 0.05) is 21.7 Å². The summed E-state index contributed by atoms with van der Waals surface area (Å²) >= 11 is 3.54. The lowest BCUT2D eigenvalue weighted by Gasteiger charge is -2.14. The van der Waals surface area contributed by atoms with Crippen LogP contribution in [0.15, 0.2) is 59.5 Å². The third-order valence-electron chi connectivity index (χ3n) is 4.38. The van der Waals surface area contributed by atoms with Crippen LogP contribution in [0.1, 0.15) is 11.1 Å². The molecule has 6 nitrogen and oxygen atoms in total. The first-order chi connectivity index (χ1) is 13.5. The fourth-order valence-corrected chi connectivity index (χ4v) is 3.31. The summed E-state index contributed by atoms with van der Waals surface area (Å²) in [7, 11) is 0. The van der Waals surface area contributed by atoms with E-state index in [4.69, 9.17) is 10.5 Å². The van der Waals surface area contributed by atoms with Crippen LogP contribution in [0.4, 0.5) is 17.2 Å². The standard InChI is InChI=1S/C21H18BrN5O/c1-12-5-6-13(2)16(10-12)27-20-18(23)21(26-11-25-20)28-17-8-7-15(22)14-4-3-9-24-19(14)17/h3-11H,23H2,1-2H3,(H,25,26,27). The van der Waals surface area contributed by atoms with Gasteiger partial charge in [0.2, 0.25) is 5.88 Å². The second kappa shape index (κ2) is 7.44. The minimum atomic E-state index is 0.275. The van der Waals surface area contributed by atoms with E-state index in [1.807, 2.05) is 50.2 Å². The molecule has 0 bridgehead atoms. The van der Waals surface area contributed by atoms with Crippen LogP contribution in [0.2, 0.25) is 0 Å². The van der Waals surface area contributed by atoms with Gasteiger partial charge in [0.15, 0.2) is 11.6 Å². The van der Waals surface area contributed by atoms with Gasteiger partial charge in [-0.25, -0.2) is 4.98 Å². The van der Waals surface area contributed by atoms with Gasteiger partial charge in [0.25, 0.3) is 0 Å². The number of pyridine rings is 1. The molecule has 4 aromatic rings. The second-order valence-electron chi connectivity index (χ2n) is 6.43. The monoisotopic (exact) mass is 435 g/mol. The highest BCUT2D eigenvalue weighted by molar-refractivity contribution is 9.10. The topological polar surface area (TPSA) is 86.0 Å². The Morgan fingerprint density at radius 1 is 1.04 bits per heavy atom. The molecule has 0 radical (unpaired) electrons. The van der Waals surface area contributed by atoms with Gasteiger partial charge in [-0.15, -0.1) is 0 Å². The molecule has 3 N–H and O–H groups in total. The van der Waals surface area contributed by atoms with Crippen molar-refractivity contribution in [2.45, 2.75) is 13.8 Å². The number of ether oxygens (including phenoxy) is 1. The molecule has 0 spiro atoms. The Morgan fingerprint density at radius 2 is 1.89 bits per heavy atom. The fraction of sp³-hybridized carbons (Fsp3) is 0.0952. The molecule has 0 atom stereocenters. The fourth-order valence-electron chi connectivity index (χ4n) is 2.86. The number of nitrogens with two attached hydrogens (primary N) is 1. The van der Waals surface area contributed by atoms with Crippen molar-refractivity contribution < 1.29 is 4.74 Å². The minimum absolute atomic E-state index is 0.275. The van der Waals surface area contributed by atoms with Crippen LogP contribution in [-0.4, -0.2) is 15.0 Å². The van der Waals surface area contributed by atoms with Gasteiger partial charge in [0.1, 0.15) is 17.5 Å². The summed E-state index contributed by atoms with van der Waals surface area (Å²) < 4.78 is 6.95. The molecule has 4 rings (SSSR count). The number of anilines is 3. The van der Waals surface area contributed by atoms with Crippen molar-refractivity contribution in [3.63, 3.8) is 0 Å². The lowest BCUT2D eigenvalue weighted by atomic mass is 10.1. The summed E-state index contributed by atoms with van der Waals surface area (Å²) in [6, 6.07) is 13.7. The summed E-state index contributed by atoms with van der Waals surface area (Å²) in [5, 5.41) is 4.22. The Morgan fingerprint density at radius 3 is 2.75 bits per heavy atom. The van der Waals surface area contributed by atoms with E-state index in [9.17, 15) is 0 Å². The van der Waals surface area contributed by atoms with Crippen LogP contribution < -0.4 is 15.8 Å². The maximum atomic E-state index is 6.30. The Labute approximate surface area is 170 Å². The number of benzene rings is 2. The molecule has 140 valence electrons. The molecule has 0 aliphatic carbocycles. The molecular weight excluding hydrogens is 418 g/mol. The zero-order chi connectivity index (χ0) is 19.7. The molecule has 0 amide bonds. The van der Waals surface area contributed by atoms with Crippen molar-refractivity contribution in [1.29, 1.82) is 0 Å². The summed E-state index contributed by atoms with van der Waals surface area (Å²) in [5.74, 6) is 1.34. The van der Waals surface area contributed by atoms with Crippen LogP contribution in [0.5, 0.6) is 11.6 Å². The van der Waals surface area contributed by atoms with Crippen molar-refractivity contribution >= 4 is 44.0 Å². The number of nitrogens with zero attached hydrogens (tertiary/aromatic N) is 3. The molecule has 28 heavy (non-hydrogen) atoms. The van der Waals surface area contributed by atoms with E-state index in [0.717, 1.165) is 32.2 Å². The van der Waals surface area contributed by atoms with Crippen LogP contribution in [0.25, 0.3) is 10.9 Å². The van der Waals surface area contributed by atoms with E-state index < -0.39 is 0 Å². The smallest absolute Gasteiger partial charge is 0.248 e. The maximum Gasteiger partial charge on any atom is 0.248 e. The van der Waals surface area contributed by atoms with Gasteiger partial charge in [0.05, 0.1) is 0 Å². The van der Waals surface area contributed by atoms with E-state index in [-0.39, 0.29) is 5.88 Å². The van der Waals surface area contributed by atoms with Crippen LogP contribution >= 0.6 is 15.9 Å². The minimum Gasteiger partial charge on any atom is -0.435 e. The third-order valence-corrected chi connectivity index (χ3v) is 5.07. The van der Waals surface area contributed by atoms with E-state index in [1.165, 1.54) is 6.33 Å². The van der Waals surface area contributed by atoms with Crippen molar-refractivity contribution in [2.24, 2.45) is 0 Å². The molecule has 0 aliphatic rings. The molecule has 0 unspecified atom stereocenters. The number of fused-ring (bicyclic) bond motifs is 1. The zero-order valence-corrected chi connectivity index (χ0v) is 17.0. The summed E-state index contributed by atoms with van der Waals surface area (Å²) in [6.07, 6.45) is 3.14. The molecule has 2 aromatic carbocycles. The van der Waals surface area contributed by atoms with Crippen LogP contribution in [-0.2, 0) is 0 Å². The molecule has 0 aliphatic heterocycles. The Bertz CT molecular complexity index is 1180. The molecular formula is C21H18BrN5O. The van der Waals surface area contributed by atoms with E-state index in [2.05, 4.69) is 42.3 Å².